The molecular weight excluding hydrogens is 817 g/mol. The number of ether oxygens (including phenoxy) is 3. The SMILES string of the molecule is CC\C=C/C=C\C=C/CCCCCCCCCC(=O)OCC(COC(=O)CCCCCCCCCCCCCCCCCCC)OC(=O)CCCCCCCC/C=C\C/C=C\C/C=C\CC. The van der Waals surface area contributed by atoms with E-state index in [-0.39, 0.29) is 31.1 Å². The van der Waals surface area contributed by atoms with Crippen LogP contribution in [0.15, 0.2) is 72.9 Å². The van der Waals surface area contributed by atoms with Gasteiger partial charge in [-0.05, 0) is 70.6 Å². The minimum absolute atomic E-state index is 0.0827. The number of allylic oxidation sites excluding steroid dienone is 12. The Morgan fingerprint density at radius 1 is 0.333 bits per heavy atom. The monoisotopic (exact) mass is 921 g/mol. The van der Waals surface area contributed by atoms with Crippen LogP contribution in [0.1, 0.15) is 271 Å². The molecule has 0 radical (unpaired) electrons. The highest BCUT2D eigenvalue weighted by atomic mass is 16.6. The molecule has 0 heterocycles. The van der Waals surface area contributed by atoms with Crippen LogP contribution >= 0.6 is 0 Å². The highest BCUT2D eigenvalue weighted by Crippen LogP contribution is 2.16. The van der Waals surface area contributed by atoms with Crippen LogP contribution in [0.25, 0.3) is 0 Å². The maximum atomic E-state index is 12.8. The normalized spacial score (nSPS) is 12.6. The Labute approximate surface area is 408 Å². The lowest BCUT2D eigenvalue weighted by Crippen LogP contribution is -2.30. The average Bonchev–Trinajstić information content (AvgIpc) is 3.31. The fraction of sp³-hybridized carbons (Fsp3) is 0.750. The summed E-state index contributed by atoms with van der Waals surface area (Å²) in [5.41, 5.74) is 0. The molecular formula is C60H104O6. The van der Waals surface area contributed by atoms with Gasteiger partial charge in [-0.15, -0.1) is 0 Å². The Morgan fingerprint density at radius 2 is 0.667 bits per heavy atom. The van der Waals surface area contributed by atoms with Crippen molar-refractivity contribution in [3.05, 3.63) is 72.9 Å². The van der Waals surface area contributed by atoms with Gasteiger partial charge in [-0.25, -0.2) is 0 Å². The van der Waals surface area contributed by atoms with Crippen molar-refractivity contribution in [2.24, 2.45) is 0 Å². The molecule has 0 amide bonds. The van der Waals surface area contributed by atoms with E-state index in [4.69, 9.17) is 14.2 Å². The third-order valence-corrected chi connectivity index (χ3v) is 12.0. The Kier molecular flexibility index (Phi) is 51.9. The van der Waals surface area contributed by atoms with Gasteiger partial charge in [0.05, 0.1) is 0 Å². The third-order valence-electron chi connectivity index (χ3n) is 12.0. The number of carbonyl (C=O) groups excluding carboxylic acids is 3. The first-order chi connectivity index (χ1) is 32.5. The van der Waals surface area contributed by atoms with Crippen LogP contribution in [0.3, 0.4) is 0 Å². The van der Waals surface area contributed by atoms with Gasteiger partial charge in [-0.1, -0.05) is 254 Å². The van der Waals surface area contributed by atoms with Crippen LogP contribution in [-0.2, 0) is 28.6 Å². The zero-order valence-corrected chi connectivity index (χ0v) is 43.4. The predicted molar refractivity (Wildman–Crippen MR) is 284 cm³/mol. The molecule has 6 heteroatoms. The van der Waals surface area contributed by atoms with Crippen molar-refractivity contribution >= 4 is 17.9 Å². The maximum Gasteiger partial charge on any atom is 0.306 e. The van der Waals surface area contributed by atoms with Gasteiger partial charge in [0.15, 0.2) is 6.10 Å². The Bertz CT molecular complexity index is 1240. The van der Waals surface area contributed by atoms with E-state index in [9.17, 15) is 14.4 Å². The van der Waals surface area contributed by atoms with Gasteiger partial charge in [0.2, 0.25) is 0 Å². The summed E-state index contributed by atoms with van der Waals surface area (Å²) in [7, 11) is 0. The second-order valence-corrected chi connectivity index (χ2v) is 18.5. The average molecular weight is 921 g/mol. The molecule has 1 unspecified atom stereocenters. The van der Waals surface area contributed by atoms with E-state index < -0.39 is 6.10 Å². The quantitative estimate of drug-likeness (QED) is 0.0199. The minimum Gasteiger partial charge on any atom is -0.462 e. The summed E-state index contributed by atoms with van der Waals surface area (Å²) in [5.74, 6) is -0.900. The number of rotatable bonds is 50. The van der Waals surface area contributed by atoms with Crippen molar-refractivity contribution in [1.29, 1.82) is 0 Å². The molecule has 0 aromatic carbocycles. The summed E-state index contributed by atoms with van der Waals surface area (Å²) < 4.78 is 16.8. The Hall–Kier alpha value is -3.15. The summed E-state index contributed by atoms with van der Waals surface area (Å²) in [4.78, 5) is 38.1. The summed E-state index contributed by atoms with van der Waals surface area (Å²) in [6, 6.07) is 0. The van der Waals surface area contributed by atoms with Crippen LogP contribution in [0.4, 0.5) is 0 Å². The molecule has 0 saturated carbocycles. The lowest BCUT2D eigenvalue weighted by molar-refractivity contribution is -0.167. The highest BCUT2D eigenvalue weighted by molar-refractivity contribution is 5.71. The zero-order chi connectivity index (χ0) is 47.9. The van der Waals surface area contributed by atoms with Crippen molar-refractivity contribution in [2.45, 2.75) is 277 Å². The second-order valence-electron chi connectivity index (χ2n) is 18.5. The number of unbranched alkanes of at least 4 members (excludes halogenated alkanes) is 29. The minimum atomic E-state index is -0.786. The molecule has 6 nitrogen and oxygen atoms in total. The topological polar surface area (TPSA) is 78.9 Å². The van der Waals surface area contributed by atoms with Gasteiger partial charge in [0.1, 0.15) is 13.2 Å². The molecule has 0 bridgehead atoms. The van der Waals surface area contributed by atoms with Gasteiger partial charge in [0, 0.05) is 19.3 Å². The van der Waals surface area contributed by atoms with Crippen molar-refractivity contribution < 1.29 is 28.6 Å². The fourth-order valence-corrected chi connectivity index (χ4v) is 7.87. The van der Waals surface area contributed by atoms with E-state index in [1.165, 1.54) is 128 Å². The molecule has 380 valence electrons. The third kappa shape index (κ3) is 51.8. The van der Waals surface area contributed by atoms with Crippen molar-refractivity contribution in [2.75, 3.05) is 13.2 Å². The Morgan fingerprint density at radius 3 is 1.09 bits per heavy atom. The van der Waals surface area contributed by atoms with Crippen LogP contribution < -0.4 is 0 Å². The van der Waals surface area contributed by atoms with Crippen LogP contribution in [0.5, 0.6) is 0 Å². The fourth-order valence-electron chi connectivity index (χ4n) is 7.87. The molecule has 0 spiro atoms. The van der Waals surface area contributed by atoms with E-state index in [2.05, 4.69) is 93.7 Å². The highest BCUT2D eigenvalue weighted by Gasteiger charge is 2.19. The van der Waals surface area contributed by atoms with E-state index in [1.807, 2.05) is 0 Å². The summed E-state index contributed by atoms with van der Waals surface area (Å²) >= 11 is 0. The number of esters is 3. The van der Waals surface area contributed by atoms with E-state index >= 15 is 0 Å². The molecule has 0 aromatic heterocycles. The van der Waals surface area contributed by atoms with Crippen LogP contribution in [0.2, 0.25) is 0 Å². The lowest BCUT2D eigenvalue weighted by atomic mass is 10.0. The zero-order valence-electron chi connectivity index (χ0n) is 43.4. The Balaban J connectivity index is 4.39. The van der Waals surface area contributed by atoms with Gasteiger partial charge >= 0.3 is 17.9 Å². The molecule has 0 aliphatic carbocycles. The first-order valence-corrected chi connectivity index (χ1v) is 28.0. The van der Waals surface area contributed by atoms with Gasteiger partial charge in [-0.3, -0.25) is 14.4 Å². The molecule has 0 aromatic rings. The summed E-state index contributed by atoms with van der Waals surface area (Å²) in [6.45, 7) is 6.40. The largest absolute Gasteiger partial charge is 0.462 e. The number of hydrogen-bond donors (Lipinski definition) is 0. The molecule has 0 rings (SSSR count). The van der Waals surface area contributed by atoms with Crippen molar-refractivity contribution in [3.63, 3.8) is 0 Å². The predicted octanol–water partition coefficient (Wildman–Crippen LogP) is 18.6. The van der Waals surface area contributed by atoms with Crippen molar-refractivity contribution in [1.82, 2.24) is 0 Å². The molecule has 0 fully saturated rings. The molecule has 0 saturated heterocycles. The van der Waals surface area contributed by atoms with Crippen LogP contribution in [0, 0.1) is 0 Å². The number of carbonyl (C=O) groups is 3. The molecule has 0 N–H and O–H groups in total. The lowest BCUT2D eigenvalue weighted by Gasteiger charge is -2.18. The first-order valence-electron chi connectivity index (χ1n) is 28.0. The van der Waals surface area contributed by atoms with Gasteiger partial charge in [0.25, 0.3) is 0 Å². The molecule has 0 aliphatic heterocycles. The van der Waals surface area contributed by atoms with E-state index in [0.29, 0.717) is 19.3 Å². The second kappa shape index (κ2) is 54.5. The van der Waals surface area contributed by atoms with E-state index in [1.54, 1.807) is 0 Å². The molecule has 0 aliphatic rings. The maximum absolute atomic E-state index is 12.8. The molecule has 66 heavy (non-hydrogen) atoms. The van der Waals surface area contributed by atoms with Crippen molar-refractivity contribution in [3.8, 4) is 0 Å². The molecule has 1 atom stereocenters. The smallest absolute Gasteiger partial charge is 0.306 e. The number of hydrogen-bond acceptors (Lipinski definition) is 6. The van der Waals surface area contributed by atoms with E-state index in [0.717, 1.165) is 103 Å². The standard InChI is InChI=1S/C60H104O6/c1-4-7-10-13-16-19-22-25-28-30-33-35-38-41-44-47-50-53-59(62)65-56-57(55-64-58(61)52-49-46-43-40-37-34-31-27-24-21-18-15-12-9-6-3)66-60(63)54-51-48-45-42-39-36-32-29-26-23-20-17-14-11-8-5-2/h8-9,11-12,15,17-18,20-21,24,26,29,57H,4-7,10,13-14,16,19,22-23,25,27-28,30-56H2,1-3H3/b11-8-,12-9-,18-15-,20-17-,24-21-,29-26-. The summed E-state index contributed by atoms with van der Waals surface area (Å²) in [5, 5.41) is 0. The van der Waals surface area contributed by atoms with Crippen LogP contribution in [-0.4, -0.2) is 37.2 Å². The summed E-state index contributed by atoms with van der Waals surface area (Å²) in [6.07, 6.45) is 68.9. The first kappa shape index (κ1) is 62.8. The van der Waals surface area contributed by atoms with Gasteiger partial charge in [-0.2, -0.15) is 0 Å². The van der Waals surface area contributed by atoms with Gasteiger partial charge < -0.3 is 14.2 Å².